The molecule has 0 fully saturated rings. The number of hydrogen-bond donors (Lipinski definition) is 1. The molecule has 0 aliphatic carbocycles. The molecule has 1 unspecified atom stereocenters. The van der Waals surface area contributed by atoms with Gasteiger partial charge in [-0.05, 0) is 43.0 Å². The number of nitrogens with one attached hydrogen (secondary N) is 1. The quantitative estimate of drug-likeness (QED) is 0.523. The van der Waals surface area contributed by atoms with Gasteiger partial charge in [0.1, 0.15) is 5.75 Å². The highest BCUT2D eigenvalue weighted by Gasteiger charge is 2.31. The lowest BCUT2D eigenvalue weighted by atomic mass is 10.00. The lowest BCUT2D eigenvalue weighted by Crippen LogP contribution is -2.14. The van der Waals surface area contributed by atoms with E-state index < -0.39 is 0 Å². The molecule has 8 heteroatoms. The average Bonchev–Trinajstić information content (AvgIpc) is 3.50. The van der Waals surface area contributed by atoms with E-state index in [2.05, 4.69) is 39.8 Å². The van der Waals surface area contributed by atoms with Crippen molar-refractivity contribution in [2.45, 2.75) is 25.8 Å². The number of methoxy groups -OCH3 is 1. The Morgan fingerprint density at radius 2 is 2.06 bits per heavy atom. The van der Waals surface area contributed by atoms with Crippen LogP contribution in [0.5, 0.6) is 5.75 Å². The van der Waals surface area contributed by atoms with Gasteiger partial charge in [-0.2, -0.15) is 5.10 Å². The molecule has 2 aromatic carbocycles. The van der Waals surface area contributed by atoms with Crippen LogP contribution in [0.15, 0.2) is 54.9 Å². The molecule has 4 aromatic rings. The van der Waals surface area contributed by atoms with Gasteiger partial charge in [-0.15, -0.1) is 5.10 Å². The van der Waals surface area contributed by atoms with Crippen molar-refractivity contribution < 1.29 is 9.53 Å². The molecule has 0 saturated carbocycles. The van der Waals surface area contributed by atoms with Crippen LogP contribution in [0.1, 0.15) is 39.8 Å². The first-order valence-electron chi connectivity index (χ1n) is 10.5. The van der Waals surface area contributed by atoms with Crippen LogP contribution in [0.4, 0.5) is 5.69 Å². The molecular weight excluding hydrogens is 404 g/mol. The van der Waals surface area contributed by atoms with Crippen molar-refractivity contribution >= 4 is 11.6 Å². The van der Waals surface area contributed by atoms with Crippen molar-refractivity contribution in [3.63, 3.8) is 0 Å². The number of carbonyl (C=O) groups excluding carboxylic acids is 1. The van der Waals surface area contributed by atoms with Gasteiger partial charge in [0.25, 0.3) is 5.91 Å². The Bertz CT molecular complexity index is 1310. The summed E-state index contributed by atoms with van der Waals surface area (Å²) in [6, 6.07) is 14.0. The molecule has 0 bridgehead atoms. The van der Waals surface area contributed by atoms with Gasteiger partial charge in [0.05, 0.1) is 25.0 Å². The summed E-state index contributed by atoms with van der Waals surface area (Å²) in [5, 5.41) is 15.7. The molecule has 32 heavy (non-hydrogen) atoms. The third kappa shape index (κ3) is 3.43. The minimum atomic E-state index is -0.270. The van der Waals surface area contributed by atoms with Gasteiger partial charge in [0.2, 0.25) is 0 Å². The third-order valence-electron chi connectivity index (χ3n) is 5.98. The fourth-order valence-corrected chi connectivity index (χ4v) is 4.37. The molecule has 0 spiro atoms. The Morgan fingerprint density at radius 3 is 2.81 bits per heavy atom. The largest absolute Gasteiger partial charge is 0.496 e. The summed E-state index contributed by atoms with van der Waals surface area (Å²) in [6.07, 6.45) is 5.36. The van der Waals surface area contributed by atoms with Crippen LogP contribution in [0.3, 0.4) is 0 Å². The fraction of sp³-hybridized carbons (Fsp3) is 0.250. The van der Waals surface area contributed by atoms with E-state index in [4.69, 9.17) is 4.74 Å². The summed E-state index contributed by atoms with van der Waals surface area (Å²) in [4.78, 5) is 13.0. The predicted molar refractivity (Wildman–Crippen MR) is 121 cm³/mol. The van der Waals surface area contributed by atoms with Crippen LogP contribution in [0.2, 0.25) is 0 Å². The van der Waals surface area contributed by atoms with Gasteiger partial charge in [-0.1, -0.05) is 29.5 Å². The summed E-state index contributed by atoms with van der Waals surface area (Å²) in [5.41, 5.74) is 6.16. The molecule has 1 aliphatic rings. The van der Waals surface area contributed by atoms with Crippen molar-refractivity contribution in [3.05, 3.63) is 77.4 Å². The maximum absolute atomic E-state index is 13.0. The minimum Gasteiger partial charge on any atom is -0.496 e. The molecule has 8 nitrogen and oxygen atoms in total. The zero-order valence-corrected chi connectivity index (χ0v) is 18.2. The topological polar surface area (TPSA) is 86.9 Å². The van der Waals surface area contributed by atoms with Crippen LogP contribution in [-0.4, -0.2) is 37.8 Å². The van der Waals surface area contributed by atoms with Gasteiger partial charge >= 0.3 is 0 Å². The molecule has 2 aromatic heterocycles. The molecule has 5 rings (SSSR count). The normalized spacial score (nSPS) is 14.9. The second kappa shape index (κ2) is 7.96. The number of anilines is 1. The second-order valence-electron chi connectivity index (χ2n) is 8.01. The molecule has 1 aliphatic heterocycles. The van der Waals surface area contributed by atoms with Gasteiger partial charge in [0.15, 0.2) is 5.69 Å². The number of hydrogen-bond acceptors (Lipinski definition) is 5. The van der Waals surface area contributed by atoms with E-state index in [1.807, 2.05) is 42.2 Å². The predicted octanol–water partition coefficient (Wildman–Crippen LogP) is 3.78. The molecular formula is C24H24N6O2. The van der Waals surface area contributed by atoms with Crippen molar-refractivity contribution in [1.82, 2.24) is 24.8 Å². The number of rotatable bonds is 5. The smallest absolute Gasteiger partial charge is 0.278 e. The monoisotopic (exact) mass is 428 g/mol. The molecule has 1 atom stereocenters. The number of aromatic nitrogens is 5. The van der Waals surface area contributed by atoms with Crippen LogP contribution in [0, 0.1) is 6.92 Å². The van der Waals surface area contributed by atoms with Crippen LogP contribution in [0.25, 0.3) is 11.1 Å². The summed E-state index contributed by atoms with van der Waals surface area (Å²) >= 11 is 0. The zero-order valence-electron chi connectivity index (χ0n) is 18.2. The van der Waals surface area contributed by atoms with Crippen LogP contribution < -0.4 is 10.1 Å². The molecule has 3 heterocycles. The van der Waals surface area contributed by atoms with E-state index in [1.165, 1.54) is 11.1 Å². The second-order valence-corrected chi connectivity index (χ2v) is 8.01. The SMILES string of the molecule is COc1cc(NC(=O)c2nnn3c2CCC3c2ccccc2C)ccc1-c1cnn(C)c1. The Hall–Kier alpha value is -3.94. The number of amides is 1. The van der Waals surface area contributed by atoms with E-state index in [0.29, 0.717) is 17.1 Å². The summed E-state index contributed by atoms with van der Waals surface area (Å²) < 4.78 is 9.18. The number of aryl methyl sites for hydroxylation is 2. The molecule has 0 radical (unpaired) electrons. The maximum atomic E-state index is 13.0. The fourth-order valence-electron chi connectivity index (χ4n) is 4.37. The van der Waals surface area contributed by atoms with Gasteiger partial charge < -0.3 is 10.1 Å². The van der Waals surface area contributed by atoms with E-state index in [9.17, 15) is 4.79 Å². The van der Waals surface area contributed by atoms with Gasteiger partial charge in [0, 0.05) is 36.1 Å². The van der Waals surface area contributed by atoms with Crippen molar-refractivity contribution in [2.75, 3.05) is 12.4 Å². The Balaban J connectivity index is 1.39. The van der Waals surface area contributed by atoms with Crippen LogP contribution in [-0.2, 0) is 13.5 Å². The van der Waals surface area contributed by atoms with Gasteiger partial charge in [-0.3, -0.25) is 9.48 Å². The third-order valence-corrected chi connectivity index (χ3v) is 5.98. The first kappa shape index (κ1) is 20.0. The Labute approximate surface area is 185 Å². The van der Waals surface area contributed by atoms with Crippen molar-refractivity contribution in [1.29, 1.82) is 0 Å². The van der Waals surface area contributed by atoms with E-state index in [1.54, 1.807) is 24.1 Å². The number of carbonyl (C=O) groups is 1. The first-order chi connectivity index (χ1) is 15.5. The average molecular weight is 428 g/mol. The summed E-state index contributed by atoms with van der Waals surface area (Å²) in [5.74, 6) is 0.386. The van der Waals surface area contributed by atoms with Crippen LogP contribution >= 0.6 is 0 Å². The lowest BCUT2D eigenvalue weighted by Gasteiger charge is -2.14. The van der Waals surface area contributed by atoms with E-state index in [0.717, 1.165) is 29.7 Å². The van der Waals surface area contributed by atoms with Crippen molar-refractivity contribution in [2.24, 2.45) is 7.05 Å². The minimum absolute atomic E-state index is 0.110. The Kier molecular flexibility index (Phi) is 4.97. The zero-order chi connectivity index (χ0) is 22.2. The standard InChI is InChI=1S/C24H24N6O2/c1-15-6-4-5-7-18(15)20-10-11-21-23(27-28-30(20)21)24(31)26-17-8-9-19(22(12-17)32-3)16-13-25-29(2)14-16/h4-9,12-14,20H,10-11H2,1-3H3,(H,26,31). The highest BCUT2D eigenvalue weighted by atomic mass is 16.5. The first-order valence-corrected chi connectivity index (χ1v) is 10.5. The van der Waals surface area contributed by atoms with Gasteiger partial charge in [-0.25, -0.2) is 4.68 Å². The molecule has 1 N–H and O–H groups in total. The van der Waals surface area contributed by atoms with Crippen molar-refractivity contribution in [3.8, 4) is 16.9 Å². The maximum Gasteiger partial charge on any atom is 0.278 e. The van der Waals surface area contributed by atoms with E-state index in [-0.39, 0.29) is 11.9 Å². The highest BCUT2D eigenvalue weighted by Crippen LogP contribution is 2.35. The Morgan fingerprint density at radius 1 is 1.22 bits per heavy atom. The number of ether oxygens (including phenoxy) is 1. The molecule has 0 saturated heterocycles. The lowest BCUT2D eigenvalue weighted by molar-refractivity contribution is 0.102. The number of fused-ring (bicyclic) bond motifs is 1. The highest BCUT2D eigenvalue weighted by molar-refractivity contribution is 6.04. The molecule has 162 valence electrons. The summed E-state index contributed by atoms with van der Waals surface area (Å²) in [6.45, 7) is 2.10. The molecule has 1 amide bonds. The van der Waals surface area contributed by atoms with E-state index >= 15 is 0 Å². The summed E-state index contributed by atoms with van der Waals surface area (Å²) in [7, 11) is 3.48. The number of nitrogens with zero attached hydrogens (tertiary/aromatic N) is 5. The number of benzene rings is 2.